The zero-order valence-corrected chi connectivity index (χ0v) is 17.0. The van der Waals surface area contributed by atoms with Gasteiger partial charge >= 0.3 is 0 Å². The monoisotopic (exact) mass is 382 g/mol. The maximum absolute atomic E-state index is 14.8. The second-order valence-electron chi connectivity index (χ2n) is 9.10. The van der Waals surface area contributed by atoms with E-state index >= 15 is 0 Å². The Morgan fingerprint density at radius 1 is 0.857 bits per heavy atom. The van der Waals surface area contributed by atoms with Crippen LogP contribution in [-0.2, 0) is 0 Å². The molecule has 0 radical (unpaired) electrons. The molecule has 150 valence electrons. The standard InChI is InChI=1S/C26H32F2/c1-2-3-4-18-5-6-21-16-22(8-7-20(21)15-18)23-11-14-25(26(28)17-23)19-9-12-24(27)13-10-19/h9-14,17-18,20-22H,2-8,15-16H2,1H3. The highest BCUT2D eigenvalue weighted by molar-refractivity contribution is 5.64. The van der Waals surface area contributed by atoms with E-state index in [2.05, 4.69) is 13.0 Å². The van der Waals surface area contributed by atoms with E-state index < -0.39 is 0 Å². The van der Waals surface area contributed by atoms with E-state index in [-0.39, 0.29) is 11.6 Å². The lowest BCUT2D eigenvalue weighted by atomic mass is 9.63. The summed E-state index contributed by atoms with van der Waals surface area (Å²) in [6.07, 6.45) is 12.0. The van der Waals surface area contributed by atoms with Crippen LogP contribution < -0.4 is 0 Å². The Bertz CT molecular complexity index is 780. The van der Waals surface area contributed by atoms with Crippen LogP contribution in [0, 0.1) is 29.4 Å². The van der Waals surface area contributed by atoms with Crippen molar-refractivity contribution in [1.29, 1.82) is 0 Å². The summed E-state index contributed by atoms with van der Waals surface area (Å²) in [5, 5.41) is 0. The maximum Gasteiger partial charge on any atom is 0.131 e. The fraction of sp³-hybridized carbons (Fsp3) is 0.538. The van der Waals surface area contributed by atoms with Crippen LogP contribution in [0.2, 0.25) is 0 Å². The van der Waals surface area contributed by atoms with Gasteiger partial charge in [0, 0.05) is 5.56 Å². The Morgan fingerprint density at radius 2 is 1.61 bits per heavy atom. The molecule has 2 aliphatic carbocycles. The highest BCUT2D eigenvalue weighted by atomic mass is 19.1. The molecule has 0 heterocycles. The van der Waals surface area contributed by atoms with Gasteiger partial charge in [0.15, 0.2) is 0 Å². The minimum atomic E-state index is -0.290. The van der Waals surface area contributed by atoms with Gasteiger partial charge in [-0.15, -0.1) is 0 Å². The first-order valence-electron chi connectivity index (χ1n) is 11.2. The SMILES string of the molecule is CCCCC1CCC2CC(c3ccc(-c4ccc(F)cc4)c(F)c3)CCC2C1. The van der Waals surface area contributed by atoms with Crippen LogP contribution in [0.25, 0.3) is 11.1 Å². The summed E-state index contributed by atoms with van der Waals surface area (Å²) in [5.41, 5.74) is 2.45. The van der Waals surface area contributed by atoms with Crippen molar-refractivity contribution in [3.05, 3.63) is 59.7 Å². The highest BCUT2D eigenvalue weighted by Gasteiger charge is 2.35. The Balaban J connectivity index is 1.42. The molecule has 28 heavy (non-hydrogen) atoms. The van der Waals surface area contributed by atoms with Crippen molar-refractivity contribution in [1.82, 2.24) is 0 Å². The van der Waals surface area contributed by atoms with Crippen LogP contribution in [0.3, 0.4) is 0 Å². The van der Waals surface area contributed by atoms with Gasteiger partial charge in [-0.3, -0.25) is 0 Å². The average molecular weight is 383 g/mol. The number of rotatable bonds is 5. The molecule has 2 aromatic carbocycles. The number of benzene rings is 2. The maximum atomic E-state index is 14.8. The summed E-state index contributed by atoms with van der Waals surface area (Å²) in [6.45, 7) is 2.29. The van der Waals surface area contributed by atoms with Gasteiger partial charge < -0.3 is 0 Å². The lowest BCUT2D eigenvalue weighted by molar-refractivity contribution is 0.113. The van der Waals surface area contributed by atoms with Crippen LogP contribution in [-0.4, -0.2) is 0 Å². The van der Waals surface area contributed by atoms with E-state index in [1.807, 2.05) is 6.07 Å². The van der Waals surface area contributed by atoms with E-state index in [1.54, 1.807) is 18.2 Å². The van der Waals surface area contributed by atoms with Gasteiger partial charge in [-0.2, -0.15) is 0 Å². The van der Waals surface area contributed by atoms with Crippen molar-refractivity contribution in [2.24, 2.45) is 17.8 Å². The highest BCUT2D eigenvalue weighted by Crippen LogP contribution is 2.48. The zero-order chi connectivity index (χ0) is 19.5. The topological polar surface area (TPSA) is 0 Å². The molecule has 0 spiro atoms. The molecule has 0 nitrogen and oxygen atoms in total. The van der Waals surface area contributed by atoms with Crippen molar-refractivity contribution < 1.29 is 8.78 Å². The van der Waals surface area contributed by atoms with E-state index in [1.165, 1.54) is 69.9 Å². The smallest absolute Gasteiger partial charge is 0.131 e. The van der Waals surface area contributed by atoms with Gasteiger partial charge in [0.25, 0.3) is 0 Å². The molecule has 0 amide bonds. The molecule has 4 unspecified atom stereocenters. The lowest BCUT2D eigenvalue weighted by Crippen LogP contribution is -2.30. The summed E-state index contributed by atoms with van der Waals surface area (Å²) in [6, 6.07) is 11.8. The predicted molar refractivity (Wildman–Crippen MR) is 112 cm³/mol. The molecule has 2 heteroatoms. The van der Waals surface area contributed by atoms with Crippen LogP contribution in [0.15, 0.2) is 42.5 Å². The second-order valence-corrected chi connectivity index (χ2v) is 9.10. The van der Waals surface area contributed by atoms with E-state index in [9.17, 15) is 8.78 Å². The fourth-order valence-corrected chi connectivity index (χ4v) is 5.69. The van der Waals surface area contributed by atoms with E-state index in [0.717, 1.165) is 28.9 Å². The van der Waals surface area contributed by atoms with Gasteiger partial charge in [-0.1, -0.05) is 56.9 Å². The van der Waals surface area contributed by atoms with Crippen LogP contribution in [0.5, 0.6) is 0 Å². The molecule has 0 saturated heterocycles. The Morgan fingerprint density at radius 3 is 2.36 bits per heavy atom. The van der Waals surface area contributed by atoms with Gasteiger partial charge in [-0.25, -0.2) is 8.78 Å². The number of hydrogen-bond acceptors (Lipinski definition) is 0. The number of halogens is 2. The normalized spacial score (nSPS) is 27.4. The summed E-state index contributed by atoms with van der Waals surface area (Å²) < 4.78 is 27.9. The van der Waals surface area contributed by atoms with Gasteiger partial charge in [0.1, 0.15) is 11.6 Å². The molecular weight excluding hydrogens is 350 g/mol. The van der Waals surface area contributed by atoms with Crippen molar-refractivity contribution in [3.63, 3.8) is 0 Å². The molecule has 0 aliphatic heterocycles. The Kier molecular flexibility index (Phi) is 6.13. The molecule has 0 N–H and O–H groups in total. The summed E-state index contributed by atoms with van der Waals surface area (Å²) in [4.78, 5) is 0. The van der Waals surface area contributed by atoms with Crippen LogP contribution >= 0.6 is 0 Å². The molecule has 4 rings (SSSR count). The first kappa shape index (κ1) is 19.6. The lowest BCUT2D eigenvalue weighted by Gasteiger charge is -2.42. The molecular formula is C26H32F2. The molecule has 0 bridgehead atoms. The number of unbranched alkanes of at least 4 members (excludes halogenated alkanes) is 1. The van der Waals surface area contributed by atoms with Gasteiger partial charge in [0.2, 0.25) is 0 Å². The molecule has 2 aliphatic rings. The zero-order valence-electron chi connectivity index (χ0n) is 17.0. The van der Waals surface area contributed by atoms with E-state index in [4.69, 9.17) is 0 Å². The van der Waals surface area contributed by atoms with Crippen molar-refractivity contribution >= 4 is 0 Å². The van der Waals surface area contributed by atoms with E-state index in [0.29, 0.717) is 11.5 Å². The second kappa shape index (κ2) is 8.76. The summed E-state index contributed by atoms with van der Waals surface area (Å²) >= 11 is 0. The van der Waals surface area contributed by atoms with Crippen molar-refractivity contribution in [3.8, 4) is 11.1 Å². The van der Waals surface area contributed by atoms with Crippen molar-refractivity contribution in [2.45, 2.75) is 70.6 Å². The third kappa shape index (κ3) is 4.31. The van der Waals surface area contributed by atoms with Crippen LogP contribution in [0.4, 0.5) is 8.78 Å². The minimum absolute atomic E-state index is 0.186. The minimum Gasteiger partial charge on any atom is -0.207 e. The van der Waals surface area contributed by atoms with Gasteiger partial charge in [0.05, 0.1) is 0 Å². The molecule has 2 saturated carbocycles. The quantitative estimate of drug-likeness (QED) is 0.490. The Hall–Kier alpha value is -1.70. The predicted octanol–water partition coefficient (Wildman–Crippen LogP) is 8.12. The Labute approximate surface area is 168 Å². The summed E-state index contributed by atoms with van der Waals surface area (Å²) in [7, 11) is 0. The molecule has 2 fully saturated rings. The fourth-order valence-electron chi connectivity index (χ4n) is 5.69. The van der Waals surface area contributed by atoms with Crippen LogP contribution in [0.1, 0.15) is 76.2 Å². The van der Waals surface area contributed by atoms with Crippen molar-refractivity contribution in [2.75, 3.05) is 0 Å². The molecule has 4 atom stereocenters. The largest absolute Gasteiger partial charge is 0.207 e. The first-order chi connectivity index (χ1) is 13.6. The summed E-state index contributed by atoms with van der Waals surface area (Å²) in [5.74, 6) is 2.69. The molecule has 2 aromatic rings. The molecule has 0 aromatic heterocycles. The third-order valence-corrected chi connectivity index (χ3v) is 7.31. The van der Waals surface area contributed by atoms with Gasteiger partial charge in [-0.05, 0) is 85.1 Å². The third-order valence-electron chi connectivity index (χ3n) is 7.31. The first-order valence-corrected chi connectivity index (χ1v) is 11.2. The number of hydrogen-bond donors (Lipinski definition) is 0. The number of fused-ring (bicyclic) bond motifs is 1. The average Bonchev–Trinajstić information content (AvgIpc) is 2.72.